The van der Waals surface area contributed by atoms with E-state index < -0.39 is 5.41 Å². The van der Waals surface area contributed by atoms with Gasteiger partial charge in [-0.2, -0.15) is 0 Å². The Balaban J connectivity index is 2.56. The third-order valence-corrected chi connectivity index (χ3v) is 2.89. The van der Waals surface area contributed by atoms with Gasteiger partial charge in [-0.05, 0) is 18.1 Å². The lowest BCUT2D eigenvalue weighted by Crippen LogP contribution is -2.37. The quantitative estimate of drug-likeness (QED) is 0.730. The first-order valence-corrected chi connectivity index (χ1v) is 4.87. The van der Waals surface area contributed by atoms with Crippen LogP contribution in [-0.4, -0.2) is 17.6 Å². The minimum Gasteiger partial charge on any atom is -0.395 e. The van der Waals surface area contributed by atoms with Gasteiger partial charge in [0.1, 0.15) is 5.41 Å². The van der Waals surface area contributed by atoms with Crippen molar-refractivity contribution in [3.8, 4) is 0 Å². The van der Waals surface area contributed by atoms with Crippen molar-refractivity contribution in [2.45, 2.75) is 11.8 Å². The van der Waals surface area contributed by atoms with Gasteiger partial charge in [-0.3, -0.25) is 4.79 Å². The molecule has 1 aromatic rings. The molecule has 78 valence electrons. The highest BCUT2D eigenvalue weighted by molar-refractivity contribution is 6.06. The zero-order chi connectivity index (χ0) is 10.9. The van der Waals surface area contributed by atoms with Crippen molar-refractivity contribution in [1.29, 1.82) is 0 Å². The summed E-state index contributed by atoms with van der Waals surface area (Å²) >= 11 is 0. The monoisotopic (exact) mass is 203 g/mol. The largest absolute Gasteiger partial charge is 0.395 e. The predicted molar refractivity (Wildman–Crippen MR) is 58.6 cm³/mol. The van der Waals surface area contributed by atoms with Gasteiger partial charge in [-0.25, -0.2) is 0 Å². The molecule has 1 amide bonds. The van der Waals surface area contributed by atoms with Crippen LogP contribution in [0.5, 0.6) is 0 Å². The van der Waals surface area contributed by atoms with E-state index in [1.54, 1.807) is 6.08 Å². The fourth-order valence-electron chi connectivity index (χ4n) is 2.04. The van der Waals surface area contributed by atoms with Crippen LogP contribution in [0.4, 0.5) is 5.69 Å². The molecule has 0 saturated heterocycles. The number of aliphatic hydroxyl groups excluding tert-OH is 1. The Morgan fingerprint density at radius 1 is 1.47 bits per heavy atom. The molecule has 0 spiro atoms. The van der Waals surface area contributed by atoms with Gasteiger partial charge in [0.2, 0.25) is 5.91 Å². The van der Waals surface area contributed by atoms with Gasteiger partial charge in [0, 0.05) is 5.69 Å². The van der Waals surface area contributed by atoms with Crippen molar-refractivity contribution in [2.24, 2.45) is 0 Å². The van der Waals surface area contributed by atoms with E-state index in [-0.39, 0.29) is 12.5 Å². The van der Waals surface area contributed by atoms with E-state index in [0.29, 0.717) is 6.42 Å². The lowest BCUT2D eigenvalue weighted by Gasteiger charge is -2.22. The zero-order valence-corrected chi connectivity index (χ0v) is 8.36. The normalized spacial score (nSPS) is 23.4. The summed E-state index contributed by atoms with van der Waals surface area (Å²) in [5.41, 5.74) is 0.814. The number of benzene rings is 1. The SMILES string of the molecule is C=CCC1(CO)C(=O)Nc2ccccc21. The second-order valence-electron chi connectivity index (χ2n) is 3.73. The number of aliphatic hydroxyl groups is 1. The van der Waals surface area contributed by atoms with Gasteiger partial charge in [0.05, 0.1) is 6.61 Å². The van der Waals surface area contributed by atoms with E-state index in [4.69, 9.17) is 0 Å². The highest BCUT2D eigenvalue weighted by Crippen LogP contribution is 2.39. The second-order valence-corrected chi connectivity index (χ2v) is 3.73. The smallest absolute Gasteiger partial charge is 0.237 e. The second kappa shape index (κ2) is 3.51. The average molecular weight is 203 g/mol. The molecule has 1 heterocycles. The number of carbonyl (C=O) groups is 1. The molecular weight excluding hydrogens is 190 g/mol. The van der Waals surface area contributed by atoms with Gasteiger partial charge >= 0.3 is 0 Å². The van der Waals surface area contributed by atoms with Gasteiger partial charge in [-0.1, -0.05) is 24.3 Å². The van der Waals surface area contributed by atoms with Crippen LogP contribution < -0.4 is 5.32 Å². The minimum atomic E-state index is -0.835. The maximum absolute atomic E-state index is 11.9. The first kappa shape index (κ1) is 9.93. The Hall–Kier alpha value is -1.61. The van der Waals surface area contributed by atoms with Crippen molar-refractivity contribution >= 4 is 11.6 Å². The van der Waals surface area contributed by atoms with Gasteiger partial charge < -0.3 is 10.4 Å². The molecule has 0 fully saturated rings. The number of para-hydroxylation sites is 1. The Kier molecular flexibility index (Phi) is 2.32. The van der Waals surface area contributed by atoms with Crippen LogP contribution in [0.3, 0.4) is 0 Å². The molecule has 1 aliphatic heterocycles. The maximum atomic E-state index is 11.9. The third-order valence-electron chi connectivity index (χ3n) is 2.89. The van der Waals surface area contributed by atoms with Crippen LogP contribution in [-0.2, 0) is 10.2 Å². The number of nitrogens with one attached hydrogen (secondary N) is 1. The fourth-order valence-corrected chi connectivity index (χ4v) is 2.04. The number of carbonyl (C=O) groups excluding carboxylic acids is 1. The summed E-state index contributed by atoms with van der Waals surface area (Å²) in [5, 5.41) is 12.2. The van der Waals surface area contributed by atoms with Crippen LogP contribution in [0.15, 0.2) is 36.9 Å². The number of hydrogen-bond acceptors (Lipinski definition) is 2. The van der Waals surface area contributed by atoms with E-state index in [2.05, 4.69) is 11.9 Å². The average Bonchev–Trinajstić information content (AvgIpc) is 2.53. The molecule has 3 heteroatoms. The van der Waals surface area contributed by atoms with Crippen molar-refractivity contribution in [2.75, 3.05) is 11.9 Å². The third kappa shape index (κ3) is 1.27. The van der Waals surface area contributed by atoms with Crippen molar-refractivity contribution in [3.05, 3.63) is 42.5 Å². The zero-order valence-electron chi connectivity index (χ0n) is 8.36. The van der Waals surface area contributed by atoms with Crippen molar-refractivity contribution in [3.63, 3.8) is 0 Å². The fraction of sp³-hybridized carbons (Fsp3) is 0.250. The van der Waals surface area contributed by atoms with Crippen LogP contribution in [0.25, 0.3) is 0 Å². The highest BCUT2D eigenvalue weighted by Gasteiger charge is 2.45. The van der Waals surface area contributed by atoms with Gasteiger partial charge in [0.15, 0.2) is 0 Å². The molecule has 1 aromatic carbocycles. The number of allylic oxidation sites excluding steroid dienone is 1. The van der Waals surface area contributed by atoms with E-state index in [1.807, 2.05) is 24.3 Å². The molecule has 2 rings (SSSR count). The van der Waals surface area contributed by atoms with Crippen LogP contribution >= 0.6 is 0 Å². The standard InChI is InChI=1S/C12H13NO2/c1-2-7-12(8-14)9-5-3-4-6-10(9)13-11(12)15/h2-6,14H,1,7-8H2,(H,13,15). The molecule has 0 radical (unpaired) electrons. The summed E-state index contributed by atoms with van der Waals surface area (Å²) in [4.78, 5) is 11.9. The Labute approximate surface area is 88.4 Å². The lowest BCUT2D eigenvalue weighted by molar-refractivity contribution is -0.122. The van der Waals surface area contributed by atoms with Crippen LogP contribution in [0.2, 0.25) is 0 Å². The van der Waals surface area contributed by atoms with Crippen molar-refractivity contribution in [1.82, 2.24) is 0 Å². The summed E-state index contributed by atoms with van der Waals surface area (Å²) in [5.74, 6) is -0.147. The number of hydrogen-bond donors (Lipinski definition) is 2. The maximum Gasteiger partial charge on any atom is 0.237 e. The first-order chi connectivity index (χ1) is 7.24. The molecule has 0 saturated carbocycles. The number of fused-ring (bicyclic) bond motifs is 1. The van der Waals surface area contributed by atoms with E-state index >= 15 is 0 Å². The van der Waals surface area contributed by atoms with E-state index in [9.17, 15) is 9.90 Å². The highest BCUT2D eigenvalue weighted by atomic mass is 16.3. The van der Waals surface area contributed by atoms with Gasteiger partial charge in [-0.15, -0.1) is 6.58 Å². The molecular formula is C12H13NO2. The molecule has 0 aliphatic carbocycles. The summed E-state index contributed by atoms with van der Waals surface area (Å²) < 4.78 is 0. The first-order valence-electron chi connectivity index (χ1n) is 4.87. The lowest BCUT2D eigenvalue weighted by atomic mass is 9.79. The molecule has 1 unspecified atom stereocenters. The number of rotatable bonds is 3. The Morgan fingerprint density at radius 3 is 2.87 bits per heavy atom. The molecule has 1 atom stereocenters. The van der Waals surface area contributed by atoms with Crippen LogP contribution in [0, 0.1) is 0 Å². The Morgan fingerprint density at radius 2 is 2.20 bits per heavy atom. The molecule has 15 heavy (non-hydrogen) atoms. The summed E-state index contributed by atoms with van der Waals surface area (Å²) in [6.45, 7) is 3.44. The van der Waals surface area contributed by atoms with Gasteiger partial charge in [0.25, 0.3) is 0 Å². The summed E-state index contributed by atoms with van der Waals surface area (Å²) in [6.07, 6.45) is 2.12. The predicted octanol–water partition coefficient (Wildman–Crippen LogP) is 1.44. The molecule has 2 N–H and O–H groups in total. The number of anilines is 1. The molecule has 0 aromatic heterocycles. The minimum absolute atomic E-state index is 0.147. The topological polar surface area (TPSA) is 49.3 Å². The Bertz CT molecular complexity index is 414. The molecule has 1 aliphatic rings. The van der Waals surface area contributed by atoms with Crippen LogP contribution in [0.1, 0.15) is 12.0 Å². The molecule has 0 bridgehead atoms. The number of amides is 1. The van der Waals surface area contributed by atoms with Crippen molar-refractivity contribution < 1.29 is 9.90 Å². The van der Waals surface area contributed by atoms with E-state index in [1.165, 1.54) is 0 Å². The molecule has 3 nitrogen and oxygen atoms in total. The van der Waals surface area contributed by atoms with E-state index in [0.717, 1.165) is 11.3 Å². The summed E-state index contributed by atoms with van der Waals surface area (Å²) in [6, 6.07) is 7.44. The summed E-state index contributed by atoms with van der Waals surface area (Å²) in [7, 11) is 0.